The van der Waals surface area contributed by atoms with Crippen LogP contribution < -0.4 is 5.48 Å². The Bertz CT molecular complexity index is 292. The number of nitrogens with one attached hydrogen (secondary N) is 1. The highest BCUT2D eigenvalue weighted by Crippen LogP contribution is 2.15. The van der Waals surface area contributed by atoms with Crippen LogP contribution in [0.5, 0.6) is 0 Å². The molecule has 0 aliphatic heterocycles. The molecule has 16 heavy (non-hydrogen) atoms. The highest BCUT2D eigenvalue weighted by molar-refractivity contribution is 6.30. The molecule has 0 aromatic heterocycles. The SMILES string of the molecule is COCCONCC(O)c1ccc(Cl)cc1. The van der Waals surface area contributed by atoms with Gasteiger partial charge < -0.3 is 9.84 Å². The zero-order valence-corrected chi connectivity index (χ0v) is 9.91. The molecule has 1 atom stereocenters. The van der Waals surface area contributed by atoms with Gasteiger partial charge in [-0.05, 0) is 17.7 Å². The Labute approximate surface area is 100 Å². The summed E-state index contributed by atoms with van der Waals surface area (Å²) in [7, 11) is 1.60. The van der Waals surface area contributed by atoms with Gasteiger partial charge in [0.05, 0.1) is 25.9 Å². The molecule has 1 aromatic carbocycles. The zero-order chi connectivity index (χ0) is 11.8. The summed E-state index contributed by atoms with van der Waals surface area (Å²) in [6, 6.07) is 7.05. The van der Waals surface area contributed by atoms with Gasteiger partial charge in [-0.2, -0.15) is 5.48 Å². The lowest BCUT2D eigenvalue weighted by Crippen LogP contribution is -2.23. The minimum atomic E-state index is -0.611. The van der Waals surface area contributed by atoms with Gasteiger partial charge in [0.25, 0.3) is 0 Å². The Kier molecular flexibility index (Phi) is 6.37. The Morgan fingerprint density at radius 3 is 2.62 bits per heavy atom. The molecule has 0 amide bonds. The maximum Gasteiger partial charge on any atom is 0.0937 e. The van der Waals surface area contributed by atoms with E-state index in [-0.39, 0.29) is 0 Å². The van der Waals surface area contributed by atoms with E-state index in [0.29, 0.717) is 24.8 Å². The zero-order valence-electron chi connectivity index (χ0n) is 9.15. The molecule has 0 radical (unpaired) electrons. The van der Waals surface area contributed by atoms with Gasteiger partial charge >= 0.3 is 0 Å². The molecule has 1 aromatic rings. The van der Waals surface area contributed by atoms with Gasteiger partial charge in [-0.1, -0.05) is 23.7 Å². The van der Waals surface area contributed by atoms with Crippen molar-refractivity contribution in [3.8, 4) is 0 Å². The number of ether oxygens (including phenoxy) is 1. The lowest BCUT2D eigenvalue weighted by atomic mass is 10.1. The summed E-state index contributed by atoms with van der Waals surface area (Å²) >= 11 is 5.74. The summed E-state index contributed by atoms with van der Waals surface area (Å²) in [6.45, 7) is 1.29. The van der Waals surface area contributed by atoms with Crippen LogP contribution in [0.2, 0.25) is 5.02 Å². The number of aliphatic hydroxyl groups is 1. The average molecular weight is 246 g/mol. The van der Waals surface area contributed by atoms with Crippen LogP contribution >= 0.6 is 11.6 Å². The van der Waals surface area contributed by atoms with Crippen molar-refractivity contribution in [3.05, 3.63) is 34.9 Å². The van der Waals surface area contributed by atoms with Crippen LogP contribution in [-0.4, -0.2) is 32.0 Å². The van der Waals surface area contributed by atoms with Crippen LogP contribution in [0.25, 0.3) is 0 Å². The quantitative estimate of drug-likeness (QED) is 0.565. The summed E-state index contributed by atoms with van der Waals surface area (Å²) in [5.41, 5.74) is 3.47. The van der Waals surface area contributed by atoms with Gasteiger partial charge in [-0.15, -0.1) is 0 Å². The standard InChI is InChI=1S/C11H16ClNO3/c1-15-6-7-16-13-8-11(14)9-2-4-10(12)5-3-9/h2-5,11,13-14H,6-8H2,1H3. The van der Waals surface area contributed by atoms with Gasteiger partial charge in [0.2, 0.25) is 0 Å². The number of hydroxylamine groups is 1. The van der Waals surface area contributed by atoms with Gasteiger partial charge in [0.15, 0.2) is 0 Å². The van der Waals surface area contributed by atoms with Crippen LogP contribution in [0.3, 0.4) is 0 Å². The van der Waals surface area contributed by atoms with Crippen molar-refractivity contribution in [3.63, 3.8) is 0 Å². The van der Waals surface area contributed by atoms with E-state index in [9.17, 15) is 5.11 Å². The van der Waals surface area contributed by atoms with Gasteiger partial charge in [-0.25, -0.2) is 0 Å². The highest BCUT2D eigenvalue weighted by atomic mass is 35.5. The van der Waals surface area contributed by atoms with E-state index in [0.717, 1.165) is 5.56 Å². The summed E-state index contributed by atoms with van der Waals surface area (Å²) in [6.07, 6.45) is -0.611. The molecule has 1 unspecified atom stereocenters. The predicted molar refractivity (Wildman–Crippen MR) is 62.2 cm³/mol. The van der Waals surface area contributed by atoms with E-state index >= 15 is 0 Å². The molecular weight excluding hydrogens is 230 g/mol. The van der Waals surface area contributed by atoms with E-state index < -0.39 is 6.10 Å². The Morgan fingerprint density at radius 1 is 1.31 bits per heavy atom. The van der Waals surface area contributed by atoms with Crippen LogP contribution in [0.1, 0.15) is 11.7 Å². The van der Waals surface area contributed by atoms with Crippen molar-refractivity contribution in [2.24, 2.45) is 0 Å². The lowest BCUT2D eigenvalue weighted by molar-refractivity contribution is -0.0112. The predicted octanol–water partition coefficient (Wildman–Crippen LogP) is 1.54. The van der Waals surface area contributed by atoms with Crippen molar-refractivity contribution in [2.75, 3.05) is 26.9 Å². The fraction of sp³-hybridized carbons (Fsp3) is 0.455. The van der Waals surface area contributed by atoms with E-state index in [4.69, 9.17) is 21.2 Å². The molecule has 0 heterocycles. The third-order valence-electron chi connectivity index (χ3n) is 2.02. The molecule has 0 spiro atoms. The first-order chi connectivity index (χ1) is 7.74. The number of rotatable bonds is 7. The molecule has 0 aliphatic carbocycles. The molecule has 0 saturated heterocycles. The van der Waals surface area contributed by atoms with Crippen molar-refractivity contribution in [1.29, 1.82) is 0 Å². The molecular formula is C11H16ClNO3. The van der Waals surface area contributed by atoms with Crippen LogP contribution in [0.4, 0.5) is 0 Å². The molecule has 0 saturated carbocycles. The number of hydrogen-bond donors (Lipinski definition) is 2. The van der Waals surface area contributed by atoms with Crippen LogP contribution in [0, 0.1) is 0 Å². The summed E-state index contributed by atoms with van der Waals surface area (Å²) in [5.74, 6) is 0. The maximum absolute atomic E-state index is 9.75. The Morgan fingerprint density at radius 2 is 2.00 bits per heavy atom. The minimum Gasteiger partial charge on any atom is -0.387 e. The van der Waals surface area contributed by atoms with E-state index in [1.54, 1.807) is 31.4 Å². The number of methoxy groups -OCH3 is 1. The van der Waals surface area contributed by atoms with Crippen molar-refractivity contribution >= 4 is 11.6 Å². The monoisotopic (exact) mass is 245 g/mol. The van der Waals surface area contributed by atoms with E-state index in [1.807, 2.05) is 0 Å². The van der Waals surface area contributed by atoms with Crippen LogP contribution in [-0.2, 0) is 9.57 Å². The molecule has 0 aliphatic rings. The summed E-state index contributed by atoms with van der Waals surface area (Å²) in [4.78, 5) is 5.03. The van der Waals surface area contributed by atoms with Gasteiger partial charge in [0, 0.05) is 12.1 Å². The summed E-state index contributed by atoms with van der Waals surface area (Å²) < 4.78 is 4.80. The molecule has 0 fully saturated rings. The largest absolute Gasteiger partial charge is 0.387 e. The molecule has 90 valence electrons. The Hall–Kier alpha value is -0.650. The molecule has 1 rings (SSSR count). The number of halogens is 1. The topological polar surface area (TPSA) is 50.7 Å². The average Bonchev–Trinajstić information content (AvgIpc) is 2.29. The normalized spacial score (nSPS) is 12.7. The smallest absolute Gasteiger partial charge is 0.0937 e. The first-order valence-corrected chi connectivity index (χ1v) is 5.39. The fourth-order valence-electron chi connectivity index (χ4n) is 1.14. The third-order valence-corrected chi connectivity index (χ3v) is 2.28. The second kappa shape index (κ2) is 7.60. The second-order valence-electron chi connectivity index (χ2n) is 3.26. The summed E-state index contributed by atoms with van der Waals surface area (Å²) in [5, 5.41) is 10.4. The van der Waals surface area contributed by atoms with Crippen LogP contribution in [0.15, 0.2) is 24.3 Å². The number of benzene rings is 1. The molecule has 5 heteroatoms. The van der Waals surface area contributed by atoms with Gasteiger partial charge in [-0.3, -0.25) is 4.84 Å². The van der Waals surface area contributed by atoms with E-state index in [2.05, 4.69) is 5.48 Å². The fourth-order valence-corrected chi connectivity index (χ4v) is 1.26. The molecule has 2 N–H and O–H groups in total. The lowest BCUT2D eigenvalue weighted by Gasteiger charge is -2.12. The number of aliphatic hydroxyl groups excluding tert-OH is 1. The second-order valence-corrected chi connectivity index (χ2v) is 3.69. The molecule has 4 nitrogen and oxygen atoms in total. The third kappa shape index (κ3) is 4.92. The van der Waals surface area contributed by atoms with Crippen molar-refractivity contribution < 1.29 is 14.7 Å². The maximum atomic E-state index is 9.75. The first-order valence-electron chi connectivity index (χ1n) is 5.01. The highest BCUT2D eigenvalue weighted by Gasteiger charge is 2.06. The first kappa shape index (κ1) is 13.4. The number of hydrogen-bond acceptors (Lipinski definition) is 4. The van der Waals surface area contributed by atoms with Crippen molar-refractivity contribution in [1.82, 2.24) is 5.48 Å². The van der Waals surface area contributed by atoms with E-state index in [1.165, 1.54) is 0 Å². The molecule has 0 bridgehead atoms. The minimum absolute atomic E-state index is 0.325. The van der Waals surface area contributed by atoms with Gasteiger partial charge in [0.1, 0.15) is 0 Å². The van der Waals surface area contributed by atoms with Crippen molar-refractivity contribution in [2.45, 2.75) is 6.10 Å². The Balaban J connectivity index is 2.24.